The first kappa shape index (κ1) is 22.3. The monoisotopic (exact) mass is 436 g/mol. The van der Waals surface area contributed by atoms with Gasteiger partial charge in [-0.25, -0.2) is 13.2 Å². The second-order valence-corrected chi connectivity index (χ2v) is 8.35. The van der Waals surface area contributed by atoms with Gasteiger partial charge < -0.3 is 4.74 Å². The van der Waals surface area contributed by atoms with Gasteiger partial charge in [0, 0.05) is 11.5 Å². The SMILES string of the molecule is C=CC1CCC(c2ccc(-c3ccc(-c4ccc(CCC)c(F)c4F)cc3)cc2F)CO1. The Bertz CT molecular complexity index is 1100. The summed E-state index contributed by atoms with van der Waals surface area (Å²) in [7, 11) is 0. The van der Waals surface area contributed by atoms with Crippen LogP contribution in [0.25, 0.3) is 22.3 Å². The Morgan fingerprint density at radius 2 is 1.62 bits per heavy atom. The zero-order valence-electron chi connectivity index (χ0n) is 18.2. The van der Waals surface area contributed by atoms with Gasteiger partial charge >= 0.3 is 0 Å². The zero-order valence-corrected chi connectivity index (χ0v) is 18.2. The third-order valence-electron chi connectivity index (χ3n) is 6.23. The lowest BCUT2D eigenvalue weighted by Gasteiger charge is -2.27. The van der Waals surface area contributed by atoms with Gasteiger partial charge in [0.05, 0.1) is 12.7 Å². The van der Waals surface area contributed by atoms with Crippen LogP contribution in [0.3, 0.4) is 0 Å². The van der Waals surface area contributed by atoms with Gasteiger partial charge in [0.1, 0.15) is 5.82 Å². The molecule has 4 heteroatoms. The summed E-state index contributed by atoms with van der Waals surface area (Å²) in [5, 5.41) is 0. The molecule has 1 aliphatic heterocycles. The molecule has 1 aliphatic rings. The molecule has 0 saturated carbocycles. The minimum absolute atomic E-state index is 0.0381. The Labute approximate surface area is 187 Å². The lowest BCUT2D eigenvalue weighted by atomic mass is 9.89. The molecule has 0 radical (unpaired) electrons. The van der Waals surface area contributed by atoms with Crippen molar-refractivity contribution in [2.75, 3.05) is 6.61 Å². The summed E-state index contributed by atoms with van der Waals surface area (Å²) in [4.78, 5) is 0. The van der Waals surface area contributed by atoms with E-state index in [1.165, 1.54) is 6.07 Å². The van der Waals surface area contributed by atoms with Crippen molar-refractivity contribution in [2.45, 2.75) is 44.6 Å². The quantitative estimate of drug-likeness (QED) is 0.358. The summed E-state index contributed by atoms with van der Waals surface area (Å²) < 4.78 is 49.5. The first-order chi connectivity index (χ1) is 15.5. The van der Waals surface area contributed by atoms with Crippen molar-refractivity contribution in [3.8, 4) is 22.3 Å². The molecule has 1 heterocycles. The van der Waals surface area contributed by atoms with Crippen LogP contribution in [0.5, 0.6) is 0 Å². The number of aryl methyl sites for hydroxylation is 1. The summed E-state index contributed by atoms with van der Waals surface area (Å²) in [5.74, 6) is -1.82. The standard InChI is InChI=1S/C28H27F3O/c1-3-5-20-11-15-25(28(31)27(20)30)19-8-6-18(7-9-19)21-12-14-24(26(29)16-21)22-10-13-23(4-2)32-17-22/h4,6-9,11-12,14-16,22-23H,2-3,5,10,13,17H2,1H3. The van der Waals surface area contributed by atoms with Crippen LogP contribution in [-0.4, -0.2) is 12.7 Å². The Kier molecular flexibility index (Phi) is 6.80. The molecule has 4 rings (SSSR count). The highest BCUT2D eigenvalue weighted by molar-refractivity contribution is 5.71. The molecule has 0 N–H and O–H groups in total. The van der Waals surface area contributed by atoms with E-state index in [9.17, 15) is 13.2 Å². The molecule has 0 spiro atoms. The summed E-state index contributed by atoms with van der Waals surface area (Å²) >= 11 is 0. The molecule has 3 aromatic rings. The van der Waals surface area contributed by atoms with Crippen molar-refractivity contribution >= 4 is 0 Å². The van der Waals surface area contributed by atoms with Crippen LogP contribution in [-0.2, 0) is 11.2 Å². The Balaban J connectivity index is 1.54. The van der Waals surface area contributed by atoms with Crippen molar-refractivity contribution in [1.29, 1.82) is 0 Å². The second-order valence-electron chi connectivity index (χ2n) is 8.35. The maximum atomic E-state index is 14.9. The van der Waals surface area contributed by atoms with Crippen LogP contribution < -0.4 is 0 Å². The maximum Gasteiger partial charge on any atom is 0.166 e. The second kappa shape index (κ2) is 9.74. The Morgan fingerprint density at radius 3 is 2.25 bits per heavy atom. The van der Waals surface area contributed by atoms with E-state index in [1.807, 2.05) is 19.1 Å². The summed E-state index contributed by atoms with van der Waals surface area (Å²) in [6.07, 6.45) is 4.80. The minimum Gasteiger partial charge on any atom is -0.374 e. The average molecular weight is 437 g/mol. The molecule has 0 aliphatic carbocycles. The fraction of sp³-hybridized carbons (Fsp3) is 0.286. The Morgan fingerprint density at radius 1 is 0.906 bits per heavy atom. The van der Waals surface area contributed by atoms with Crippen molar-refractivity contribution in [3.05, 3.63) is 95.8 Å². The number of rotatable bonds is 6. The molecule has 32 heavy (non-hydrogen) atoms. The van der Waals surface area contributed by atoms with Crippen LogP contribution in [0.1, 0.15) is 43.2 Å². The first-order valence-corrected chi connectivity index (χ1v) is 11.1. The smallest absolute Gasteiger partial charge is 0.166 e. The zero-order chi connectivity index (χ0) is 22.7. The van der Waals surface area contributed by atoms with Crippen molar-refractivity contribution < 1.29 is 17.9 Å². The normalized spacial score (nSPS) is 18.5. The van der Waals surface area contributed by atoms with Gasteiger partial charge in [-0.3, -0.25) is 0 Å². The molecular weight excluding hydrogens is 409 g/mol. The van der Waals surface area contributed by atoms with Crippen LogP contribution in [0, 0.1) is 17.5 Å². The molecule has 1 nitrogen and oxygen atoms in total. The number of halogens is 3. The van der Waals surface area contributed by atoms with E-state index in [0.29, 0.717) is 29.7 Å². The van der Waals surface area contributed by atoms with Gasteiger partial charge in [-0.05, 0) is 53.1 Å². The van der Waals surface area contributed by atoms with Crippen LogP contribution in [0.15, 0.2) is 67.3 Å². The minimum atomic E-state index is -0.826. The molecule has 0 amide bonds. The van der Waals surface area contributed by atoms with E-state index in [0.717, 1.165) is 30.4 Å². The fourth-order valence-corrected chi connectivity index (χ4v) is 4.36. The lowest BCUT2D eigenvalue weighted by Crippen LogP contribution is -2.23. The average Bonchev–Trinajstić information content (AvgIpc) is 2.82. The fourth-order valence-electron chi connectivity index (χ4n) is 4.36. The highest BCUT2D eigenvalue weighted by Gasteiger charge is 2.23. The summed E-state index contributed by atoms with van der Waals surface area (Å²) in [5.41, 5.74) is 3.42. The molecule has 0 bridgehead atoms. The first-order valence-electron chi connectivity index (χ1n) is 11.1. The summed E-state index contributed by atoms with van der Waals surface area (Å²) in [6.45, 7) is 6.17. The predicted molar refractivity (Wildman–Crippen MR) is 123 cm³/mol. The van der Waals surface area contributed by atoms with Crippen molar-refractivity contribution in [3.63, 3.8) is 0 Å². The van der Waals surface area contributed by atoms with Crippen molar-refractivity contribution in [1.82, 2.24) is 0 Å². The van der Waals surface area contributed by atoms with Crippen LogP contribution in [0.4, 0.5) is 13.2 Å². The van der Waals surface area contributed by atoms with E-state index >= 15 is 0 Å². The third-order valence-corrected chi connectivity index (χ3v) is 6.23. The number of hydrogen-bond donors (Lipinski definition) is 0. The molecule has 166 valence electrons. The molecule has 1 fully saturated rings. The van der Waals surface area contributed by atoms with Gasteiger partial charge in [0.2, 0.25) is 0 Å². The molecule has 0 aromatic heterocycles. The molecule has 2 atom stereocenters. The van der Waals surface area contributed by atoms with Gasteiger partial charge in [0.25, 0.3) is 0 Å². The highest BCUT2D eigenvalue weighted by Crippen LogP contribution is 2.33. The predicted octanol–water partition coefficient (Wildman–Crippen LogP) is 7.84. The molecule has 3 aromatic carbocycles. The lowest BCUT2D eigenvalue weighted by molar-refractivity contribution is 0.0321. The highest BCUT2D eigenvalue weighted by atomic mass is 19.2. The molecule has 2 unspecified atom stereocenters. The van der Waals surface area contributed by atoms with Crippen molar-refractivity contribution in [2.24, 2.45) is 0 Å². The van der Waals surface area contributed by atoms with E-state index in [1.54, 1.807) is 42.5 Å². The maximum absolute atomic E-state index is 14.9. The number of benzene rings is 3. The van der Waals surface area contributed by atoms with Gasteiger partial charge in [0.15, 0.2) is 11.6 Å². The molecular formula is C28H27F3O. The Hall–Kier alpha value is -2.85. The number of hydrogen-bond acceptors (Lipinski definition) is 1. The molecule has 1 saturated heterocycles. The van der Waals surface area contributed by atoms with Crippen LogP contribution in [0.2, 0.25) is 0 Å². The van der Waals surface area contributed by atoms with E-state index < -0.39 is 11.6 Å². The van der Waals surface area contributed by atoms with Gasteiger partial charge in [-0.1, -0.05) is 68.0 Å². The van der Waals surface area contributed by atoms with E-state index in [-0.39, 0.29) is 23.4 Å². The van der Waals surface area contributed by atoms with Gasteiger partial charge in [-0.2, -0.15) is 0 Å². The van der Waals surface area contributed by atoms with E-state index in [2.05, 4.69) is 6.58 Å². The number of ether oxygens (including phenoxy) is 1. The largest absolute Gasteiger partial charge is 0.374 e. The van der Waals surface area contributed by atoms with Crippen LogP contribution >= 0.6 is 0 Å². The van der Waals surface area contributed by atoms with E-state index in [4.69, 9.17) is 4.74 Å². The third kappa shape index (κ3) is 4.51. The van der Waals surface area contributed by atoms with Gasteiger partial charge in [-0.15, -0.1) is 6.58 Å². The topological polar surface area (TPSA) is 9.23 Å². The summed E-state index contributed by atoms with van der Waals surface area (Å²) in [6, 6.07) is 15.6.